The zero-order valence-corrected chi connectivity index (χ0v) is 13.1. The fourth-order valence-corrected chi connectivity index (χ4v) is 4.29. The van der Waals surface area contributed by atoms with E-state index in [1.54, 1.807) is 0 Å². The summed E-state index contributed by atoms with van der Waals surface area (Å²) < 4.78 is 1.38. The third kappa shape index (κ3) is 2.90. The van der Waals surface area contributed by atoms with Gasteiger partial charge in [0.1, 0.15) is 0 Å². The van der Waals surface area contributed by atoms with Crippen molar-refractivity contribution in [1.82, 2.24) is 4.90 Å². The number of hydrogen-bond acceptors (Lipinski definition) is 3. The first-order valence-electron chi connectivity index (χ1n) is 7.69. The number of nitrogens with two attached hydrogens (primary N) is 1. The molecule has 20 heavy (non-hydrogen) atoms. The summed E-state index contributed by atoms with van der Waals surface area (Å²) in [7, 11) is 0. The number of nitrogens with zero attached hydrogens (tertiary/aromatic N) is 1. The van der Waals surface area contributed by atoms with E-state index in [1.165, 1.54) is 52.9 Å². The Morgan fingerprint density at radius 1 is 1.25 bits per heavy atom. The van der Waals surface area contributed by atoms with Crippen LogP contribution in [0.1, 0.15) is 36.6 Å². The number of benzene rings is 1. The van der Waals surface area contributed by atoms with Crippen LogP contribution in [-0.4, -0.2) is 18.0 Å². The third-order valence-corrected chi connectivity index (χ3v) is 5.69. The molecule has 1 aromatic heterocycles. The van der Waals surface area contributed by atoms with Gasteiger partial charge in [0.25, 0.3) is 0 Å². The van der Waals surface area contributed by atoms with E-state index < -0.39 is 0 Å². The van der Waals surface area contributed by atoms with Gasteiger partial charge in [0.15, 0.2) is 0 Å². The quantitative estimate of drug-likeness (QED) is 0.925. The molecule has 3 heteroatoms. The monoisotopic (exact) mass is 288 g/mol. The molecule has 2 heterocycles. The topological polar surface area (TPSA) is 29.3 Å². The number of likely N-dealkylation sites (tertiary alicyclic amines) is 1. The zero-order valence-electron chi connectivity index (χ0n) is 12.3. The number of hydrogen-bond donors (Lipinski definition) is 1. The van der Waals surface area contributed by atoms with Gasteiger partial charge < -0.3 is 5.73 Å². The van der Waals surface area contributed by atoms with Crippen LogP contribution in [0.3, 0.4) is 0 Å². The molecule has 0 bridgehead atoms. The fraction of sp³-hybridized carbons (Fsp3) is 0.529. The Hall–Kier alpha value is -0.900. The summed E-state index contributed by atoms with van der Waals surface area (Å²) in [6.07, 6.45) is 4.05. The van der Waals surface area contributed by atoms with Crippen molar-refractivity contribution in [3.05, 3.63) is 34.7 Å². The van der Waals surface area contributed by atoms with E-state index in [-0.39, 0.29) is 0 Å². The third-order valence-electron chi connectivity index (χ3n) is 4.46. The van der Waals surface area contributed by atoms with Gasteiger partial charge in [0, 0.05) is 22.7 Å². The summed E-state index contributed by atoms with van der Waals surface area (Å²) in [5.41, 5.74) is 7.44. The van der Waals surface area contributed by atoms with Crippen molar-refractivity contribution in [2.24, 2.45) is 11.7 Å². The lowest BCUT2D eigenvalue weighted by atomic mass is 10.0. The Morgan fingerprint density at radius 2 is 2.10 bits per heavy atom. The fourth-order valence-electron chi connectivity index (χ4n) is 3.19. The van der Waals surface area contributed by atoms with E-state index in [0.29, 0.717) is 6.54 Å². The molecular formula is C17H24N2S. The number of fused-ring (bicyclic) bond motifs is 1. The lowest BCUT2D eigenvalue weighted by Gasteiger charge is -2.20. The van der Waals surface area contributed by atoms with E-state index >= 15 is 0 Å². The first kappa shape index (κ1) is 14.1. The molecule has 0 aliphatic carbocycles. The molecule has 2 nitrogen and oxygen atoms in total. The molecule has 2 aromatic rings. The van der Waals surface area contributed by atoms with E-state index in [0.717, 1.165) is 12.5 Å². The predicted molar refractivity (Wildman–Crippen MR) is 88.0 cm³/mol. The minimum Gasteiger partial charge on any atom is -0.326 e. The average molecular weight is 288 g/mol. The van der Waals surface area contributed by atoms with E-state index in [4.69, 9.17) is 5.73 Å². The van der Waals surface area contributed by atoms with Crippen LogP contribution in [-0.2, 0) is 13.1 Å². The molecule has 0 radical (unpaired) electrons. The highest BCUT2D eigenvalue weighted by Gasteiger charge is 2.17. The molecule has 0 saturated carbocycles. The SMILES string of the molecule is CC1CCCN(Cc2c(CN)sc3ccccc23)CC1. The molecule has 1 aromatic carbocycles. The van der Waals surface area contributed by atoms with Crippen LogP contribution in [0.5, 0.6) is 0 Å². The number of rotatable bonds is 3. The van der Waals surface area contributed by atoms with Crippen LogP contribution in [0.2, 0.25) is 0 Å². The maximum Gasteiger partial charge on any atom is 0.0349 e. The molecule has 2 N–H and O–H groups in total. The summed E-state index contributed by atoms with van der Waals surface area (Å²) >= 11 is 1.87. The van der Waals surface area contributed by atoms with Crippen molar-refractivity contribution >= 4 is 21.4 Å². The van der Waals surface area contributed by atoms with Crippen LogP contribution in [0.15, 0.2) is 24.3 Å². The Balaban J connectivity index is 1.85. The second kappa shape index (κ2) is 6.25. The van der Waals surface area contributed by atoms with Crippen molar-refractivity contribution < 1.29 is 0 Å². The maximum atomic E-state index is 5.96. The highest BCUT2D eigenvalue weighted by molar-refractivity contribution is 7.19. The van der Waals surface area contributed by atoms with Gasteiger partial charge in [0.2, 0.25) is 0 Å². The lowest BCUT2D eigenvalue weighted by molar-refractivity contribution is 0.274. The van der Waals surface area contributed by atoms with Crippen molar-refractivity contribution in [2.75, 3.05) is 13.1 Å². The van der Waals surface area contributed by atoms with Gasteiger partial charge in [-0.05, 0) is 55.3 Å². The Kier molecular flexibility index (Phi) is 4.39. The van der Waals surface area contributed by atoms with Crippen molar-refractivity contribution in [3.8, 4) is 0 Å². The first-order valence-corrected chi connectivity index (χ1v) is 8.51. The van der Waals surface area contributed by atoms with Crippen molar-refractivity contribution in [3.63, 3.8) is 0 Å². The van der Waals surface area contributed by atoms with Gasteiger partial charge in [-0.15, -0.1) is 11.3 Å². The van der Waals surface area contributed by atoms with Gasteiger partial charge in [-0.3, -0.25) is 4.90 Å². The second-order valence-corrected chi connectivity index (χ2v) is 7.15. The van der Waals surface area contributed by atoms with E-state index in [9.17, 15) is 0 Å². The van der Waals surface area contributed by atoms with Crippen LogP contribution in [0, 0.1) is 5.92 Å². The first-order chi connectivity index (χ1) is 9.78. The molecule has 3 rings (SSSR count). The van der Waals surface area contributed by atoms with Crippen molar-refractivity contribution in [1.29, 1.82) is 0 Å². The summed E-state index contributed by atoms with van der Waals surface area (Å²) in [6, 6.07) is 8.73. The average Bonchev–Trinajstić information content (AvgIpc) is 2.69. The lowest BCUT2D eigenvalue weighted by Crippen LogP contribution is -2.24. The molecule has 0 amide bonds. The maximum absolute atomic E-state index is 5.96. The highest BCUT2D eigenvalue weighted by Crippen LogP contribution is 2.32. The normalized spacial score (nSPS) is 21.2. The molecule has 0 spiro atoms. The molecule has 1 aliphatic heterocycles. The van der Waals surface area contributed by atoms with Gasteiger partial charge in [-0.25, -0.2) is 0 Å². The summed E-state index contributed by atoms with van der Waals surface area (Å²) in [5, 5.41) is 1.41. The number of thiophene rings is 1. The smallest absolute Gasteiger partial charge is 0.0349 e. The summed E-state index contributed by atoms with van der Waals surface area (Å²) in [4.78, 5) is 3.99. The molecule has 108 valence electrons. The van der Waals surface area contributed by atoms with Crippen LogP contribution in [0.25, 0.3) is 10.1 Å². The van der Waals surface area contributed by atoms with E-state index in [1.807, 2.05) is 11.3 Å². The second-order valence-electron chi connectivity index (χ2n) is 6.02. The van der Waals surface area contributed by atoms with Crippen molar-refractivity contribution in [2.45, 2.75) is 39.3 Å². The molecule has 1 unspecified atom stereocenters. The summed E-state index contributed by atoms with van der Waals surface area (Å²) in [6.45, 7) is 6.59. The largest absolute Gasteiger partial charge is 0.326 e. The zero-order chi connectivity index (χ0) is 13.9. The Morgan fingerprint density at radius 3 is 2.95 bits per heavy atom. The molecule has 1 atom stereocenters. The highest BCUT2D eigenvalue weighted by atomic mass is 32.1. The standard InChI is InChI=1S/C17H24N2S/c1-13-5-4-9-19(10-8-13)12-15-14-6-2-3-7-16(14)20-17(15)11-18/h2-3,6-7,13H,4-5,8-12,18H2,1H3. The van der Waals surface area contributed by atoms with Crippen LogP contribution in [0.4, 0.5) is 0 Å². The minimum absolute atomic E-state index is 0.666. The van der Waals surface area contributed by atoms with Gasteiger partial charge in [-0.1, -0.05) is 25.1 Å². The molecular weight excluding hydrogens is 264 g/mol. The van der Waals surface area contributed by atoms with Crippen LogP contribution < -0.4 is 5.73 Å². The molecule has 1 fully saturated rings. The Labute approximate surface area is 125 Å². The van der Waals surface area contributed by atoms with Gasteiger partial charge in [-0.2, -0.15) is 0 Å². The summed E-state index contributed by atoms with van der Waals surface area (Å²) in [5.74, 6) is 0.883. The van der Waals surface area contributed by atoms with E-state index in [2.05, 4.69) is 36.1 Å². The van der Waals surface area contributed by atoms with Crippen LogP contribution >= 0.6 is 11.3 Å². The molecule has 1 saturated heterocycles. The predicted octanol–water partition coefficient (Wildman–Crippen LogP) is 3.98. The van der Waals surface area contributed by atoms with Gasteiger partial charge in [0.05, 0.1) is 0 Å². The minimum atomic E-state index is 0.666. The molecule has 1 aliphatic rings. The Bertz CT molecular complexity index is 575. The van der Waals surface area contributed by atoms with Gasteiger partial charge >= 0.3 is 0 Å².